The number of nitrogens with one attached hydrogen (secondary N) is 1. The van der Waals surface area contributed by atoms with Crippen LogP contribution in [0, 0.1) is 0 Å². The van der Waals surface area contributed by atoms with Gasteiger partial charge in [0.05, 0.1) is 4.90 Å². The molecule has 0 bridgehead atoms. The van der Waals surface area contributed by atoms with Crippen LogP contribution in [0.4, 0.5) is 11.4 Å². The second-order valence-electron chi connectivity index (χ2n) is 6.55. The van der Waals surface area contributed by atoms with Gasteiger partial charge in [-0.25, -0.2) is 8.42 Å². The molecule has 0 radical (unpaired) electrons. The van der Waals surface area contributed by atoms with Crippen LogP contribution >= 0.6 is 0 Å². The number of benzene rings is 2. The molecular weight excluding hydrogens is 332 g/mol. The normalized spacial score (nSPS) is 15.6. The van der Waals surface area contributed by atoms with Crippen LogP contribution in [0.2, 0.25) is 0 Å². The fourth-order valence-corrected chi connectivity index (χ4v) is 4.25. The van der Waals surface area contributed by atoms with Gasteiger partial charge in [0.25, 0.3) is 10.0 Å². The zero-order valence-corrected chi connectivity index (χ0v) is 15.6. The highest BCUT2D eigenvalue weighted by atomic mass is 32.2. The number of hydrogen-bond acceptors (Lipinski definition) is 3. The van der Waals surface area contributed by atoms with Crippen molar-refractivity contribution in [3.05, 3.63) is 54.1 Å². The number of nitrogens with zero attached hydrogens (tertiary/aromatic N) is 1. The summed E-state index contributed by atoms with van der Waals surface area (Å²) in [5.74, 6) is 0. The van der Waals surface area contributed by atoms with Crippen LogP contribution in [0.3, 0.4) is 0 Å². The van der Waals surface area contributed by atoms with Crippen LogP contribution in [0.5, 0.6) is 0 Å². The average Bonchev–Trinajstić information content (AvgIpc) is 2.91. The Morgan fingerprint density at radius 3 is 2.04 bits per heavy atom. The standard InChI is InChI=1S/C20H26N2O2S/c1-2-17-7-13-20(14-8-17)25(23,24)21-18-9-11-19(12-10-18)22-15-5-3-4-6-16-22/h7-14,21H,2-6,15-16H2,1H3. The maximum Gasteiger partial charge on any atom is 0.261 e. The molecule has 5 heteroatoms. The van der Waals surface area contributed by atoms with Gasteiger partial charge in [0.2, 0.25) is 0 Å². The molecule has 2 aromatic carbocycles. The van der Waals surface area contributed by atoms with Crippen molar-refractivity contribution in [2.24, 2.45) is 0 Å². The van der Waals surface area contributed by atoms with Gasteiger partial charge in [-0.3, -0.25) is 4.72 Å². The average molecular weight is 359 g/mol. The van der Waals surface area contributed by atoms with Gasteiger partial charge in [0.15, 0.2) is 0 Å². The van der Waals surface area contributed by atoms with E-state index in [2.05, 4.69) is 9.62 Å². The molecule has 1 N–H and O–H groups in total. The Kier molecular flexibility index (Phi) is 5.63. The van der Waals surface area contributed by atoms with Crippen molar-refractivity contribution in [1.82, 2.24) is 0 Å². The van der Waals surface area contributed by atoms with Gasteiger partial charge in [-0.15, -0.1) is 0 Å². The summed E-state index contributed by atoms with van der Waals surface area (Å²) in [6.07, 6.45) is 5.94. The maximum atomic E-state index is 12.5. The van der Waals surface area contributed by atoms with Gasteiger partial charge in [-0.2, -0.15) is 0 Å². The first-order valence-electron chi connectivity index (χ1n) is 9.05. The molecule has 25 heavy (non-hydrogen) atoms. The van der Waals surface area contributed by atoms with E-state index in [0.717, 1.165) is 30.8 Å². The smallest absolute Gasteiger partial charge is 0.261 e. The molecule has 1 aliphatic rings. The fraction of sp³-hybridized carbons (Fsp3) is 0.400. The van der Waals surface area contributed by atoms with Crippen molar-refractivity contribution >= 4 is 21.4 Å². The minimum absolute atomic E-state index is 0.293. The van der Waals surface area contributed by atoms with Gasteiger partial charge in [0, 0.05) is 24.5 Å². The Hall–Kier alpha value is -2.01. The van der Waals surface area contributed by atoms with E-state index >= 15 is 0 Å². The third kappa shape index (κ3) is 4.54. The lowest BCUT2D eigenvalue weighted by Crippen LogP contribution is -2.23. The number of hydrogen-bond donors (Lipinski definition) is 1. The largest absolute Gasteiger partial charge is 0.372 e. The topological polar surface area (TPSA) is 49.4 Å². The summed E-state index contributed by atoms with van der Waals surface area (Å²) in [6.45, 7) is 4.21. The van der Waals surface area contributed by atoms with E-state index < -0.39 is 10.0 Å². The zero-order chi connectivity index (χ0) is 17.7. The summed E-state index contributed by atoms with van der Waals surface area (Å²) in [5.41, 5.74) is 2.89. The number of rotatable bonds is 5. The Balaban J connectivity index is 1.71. The third-order valence-electron chi connectivity index (χ3n) is 4.73. The highest BCUT2D eigenvalue weighted by molar-refractivity contribution is 7.92. The first kappa shape index (κ1) is 17.8. The van der Waals surface area contributed by atoms with Crippen LogP contribution in [0.25, 0.3) is 0 Å². The van der Waals surface area contributed by atoms with Crippen molar-refractivity contribution < 1.29 is 8.42 Å². The van der Waals surface area contributed by atoms with Crippen LogP contribution in [0.15, 0.2) is 53.4 Å². The van der Waals surface area contributed by atoms with Gasteiger partial charge in [-0.1, -0.05) is 31.9 Å². The van der Waals surface area contributed by atoms with Crippen LogP contribution in [-0.4, -0.2) is 21.5 Å². The van der Waals surface area contributed by atoms with E-state index in [0.29, 0.717) is 10.6 Å². The molecule has 2 aromatic rings. The molecule has 1 saturated heterocycles. The van der Waals surface area contributed by atoms with Crippen molar-refractivity contribution in [3.63, 3.8) is 0 Å². The molecule has 0 aromatic heterocycles. The maximum absolute atomic E-state index is 12.5. The minimum atomic E-state index is -3.55. The fourth-order valence-electron chi connectivity index (χ4n) is 3.19. The summed E-state index contributed by atoms with van der Waals surface area (Å²) in [7, 11) is -3.55. The van der Waals surface area contributed by atoms with E-state index in [-0.39, 0.29) is 0 Å². The molecule has 1 heterocycles. The van der Waals surface area contributed by atoms with E-state index in [1.807, 2.05) is 43.3 Å². The van der Waals surface area contributed by atoms with Crippen LogP contribution < -0.4 is 9.62 Å². The molecule has 0 saturated carbocycles. The van der Waals surface area contributed by atoms with Gasteiger partial charge >= 0.3 is 0 Å². The molecular formula is C20H26N2O2S. The van der Waals surface area contributed by atoms with Crippen molar-refractivity contribution in [1.29, 1.82) is 0 Å². The summed E-state index contributed by atoms with van der Waals surface area (Å²) in [5, 5.41) is 0. The van der Waals surface area contributed by atoms with E-state index in [9.17, 15) is 8.42 Å². The zero-order valence-electron chi connectivity index (χ0n) is 14.7. The van der Waals surface area contributed by atoms with Gasteiger partial charge in [-0.05, 0) is 61.2 Å². The number of sulfonamides is 1. The van der Waals surface area contributed by atoms with Crippen molar-refractivity contribution in [2.75, 3.05) is 22.7 Å². The molecule has 1 fully saturated rings. The molecule has 0 atom stereocenters. The molecule has 4 nitrogen and oxygen atoms in total. The summed E-state index contributed by atoms with van der Waals surface area (Å²) in [6, 6.07) is 14.7. The quantitative estimate of drug-likeness (QED) is 0.860. The highest BCUT2D eigenvalue weighted by Gasteiger charge is 2.15. The molecule has 3 rings (SSSR count). The minimum Gasteiger partial charge on any atom is -0.372 e. The van der Waals surface area contributed by atoms with Crippen LogP contribution in [-0.2, 0) is 16.4 Å². The van der Waals surface area contributed by atoms with E-state index in [4.69, 9.17) is 0 Å². The lowest BCUT2D eigenvalue weighted by atomic mass is 10.2. The van der Waals surface area contributed by atoms with Crippen molar-refractivity contribution in [2.45, 2.75) is 43.9 Å². The molecule has 1 aliphatic heterocycles. The Labute approximate surface area is 150 Å². The van der Waals surface area contributed by atoms with E-state index in [1.165, 1.54) is 25.7 Å². The molecule has 0 spiro atoms. The molecule has 0 amide bonds. The Morgan fingerprint density at radius 1 is 0.880 bits per heavy atom. The SMILES string of the molecule is CCc1ccc(S(=O)(=O)Nc2ccc(N3CCCCCC3)cc2)cc1. The Bertz CT molecular complexity index is 775. The second-order valence-corrected chi connectivity index (χ2v) is 8.23. The Morgan fingerprint density at radius 2 is 1.48 bits per heavy atom. The predicted molar refractivity (Wildman–Crippen MR) is 104 cm³/mol. The van der Waals surface area contributed by atoms with E-state index in [1.54, 1.807) is 12.1 Å². The predicted octanol–water partition coefficient (Wildman–Crippen LogP) is 4.43. The van der Waals surface area contributed by atoms with Gasteiger partial charge in [0.1, 0.15) is 0 Å². The molecule has 0 unspecified atom stereocenters. The summed E-state index contributed by atoms with van der Waals surface area (Å²) >= 11 is 0. The van der Waals surface area contributed by atoms with Gasteiger partial charge < -0.3 is 4.90 Å². The summed E-state index contributed by atoms with van der Waals surface area (Å²) < 4.78 is 27.7. The number of anilines is 2. The first-order valence-corrected chi connectivity index (χ1v) is 10.5. The second kappa shape index (κ2) is 7.91. The highest BCUT2D eigenvalue weighted by Crippen LogP contribution is 2.23. The number of aryl methyl sites for hydroxylation is 1. The lowest BCUT2D eigenvalue weighted by Gasteiger charge is -2.22. The lowest BCUT2D eigenvalue weighted by molar-refractivity contribution is 0.601. The van der Waals surface area contributed by atoms with Crippen LogP contribution in [0.1, 0.15) is 38.2 Å². The monoisotopic (exact) mass is 358 g/mol. The summed E-state index contributed by atoms with van der Waals surface area (Å²) in [4.78, 5) is 2.68. The first-order chi connectivity index (χ1) is 12.1. The molecule has 134 valence electrons. The third-order valence-corrected chi connectivity index (χ3v) is 6.13. The molecule has 0 aliphatic carbocycles. The van der Waals surface area contributed by atoms with Crippen molar-refractivity contribution in [3.8, 4) is 0 Å².